The third-order valence-electron chi connectivity index (χ3n) is 6.53. The number of hydrogen-bond acceptors (Lipinski definition) is 6. The zero-order valence-corrected chi connectivity index (χ0v) is 22.3. The number of methoxy groups -OCH3 is 1. The van der Waals surface area contributed by atoms with E-state index in [1.165, 1.54) is 11.1 Å². The highest BCUT2D eigenvalue weighted by atomic mass is 127. The van der Waals surface area contributed by atoms with Crippen molar-refractivity contribution in [3.05, 3.63) is 76.0 Å². The first-order chi connectivity index (χ1) is 16.6. The van der Waals surface area contributed by atoms with E-state index in [0.29, 0.717) is 11.5 Å². The lowest BCUT2D eigenvalue weighted by molar-refractivity contribution is 0.111. The molecule has 0 aliphatic carbocycles. The summed E-state index contributed by atoms with van der Waals surface area (Å²) in [5.41, 5.74) is 4.11. The molecule has 3 heterocycles. The van der Waals surface area contributed by atoms with E-state index in [9.17, 15) is 4.79 Å². The summed E-state index contributed by atoms with van der Waals surface area (Å²) in [6, 6.07) is 14.3. The molecule has 1 saturated heterocycles. The van der Waals surface area contributed by atoms with E-state index in [0.717, 1.165) is 53.1 Å². The number of alkyl halides is 1. The molecule has 2 aromatic carbocycles. The van der Waals surface area contributed by atoms with Crippen molar-refractivity contribution in [1.29, 1.82) is 0 Å². The molecule has 8 heteroatoms. The summed E-state index contributed by atoms with van der Waals surface area (Å²) in [5.74, 6) is 1.34. The van der Waals surface area contributed by atoms with Gasteiger partial charge in [-0.25, -0.2) is 4.98 Å². The molecule has 1 unspecified atom stereocenters. The van der Waals surface area contributed by atoms with Crippen molar-refractivity contribution in [2.24, 2.45) is 0 Å². The Morgan fingerprint density at radius 3 is 2.59 bits per heavy atom. The van der Waals surface area contributed by atoms with Gasteiger partial charge in [-0.1, -0.05) is 46.9 Å². The molecule has 1 atom stereocenters. The summed E-state index contributed by atoms with van der Waals surface area (Å²) < 4.78 is 14.5. The minimum atomic E-state index is -0.0348. The fourth-order valence-electron chi connectivity index (χ4n) is 4.47. The third kappa shape index (κ3) is 4.85. The first kappa shape index (κ1) is 23.7. The standard InChI is InChI=1S/C26H28IN3O3S/c1-29-11-9-20(10-12-29)33-22-8-7-19(13-23(22)32-2)30-16-28-21-14-24(34-25(21)26(30)31)18-5-3-17(15-27)4-6-18/h3-8,13,16,20,24H,9-12,14-15H2,1-2H3. The summed E-state index contributed by atoms with van der Waals surface area (Å²) in [5, 5.41) is 0.217. The molecule has 2 aliphatic rings. The Labute approximate surface area is 217 Å². The predicted octanol–water partition coefficient (Wildman–Crippen LogP) is 5.04. The molecule has 0 N–H and O–H groups in total. The molecule has 178 valence electrons. The average molecular weight is 589 g/mol. The molecule has 6 nitrogen and oxygen atoms in total. The van der Waals surface area contributed by atoms with Crippen molar-refractivity contribution in [3.63, 3.8) is 0 Å². The molecule has 0 radical (unpaired) electrons. The van der Waals surface area contributed by atoms with Crippen LogP contribution in [-0.2, 0) is 10.8 Å². The number of aromatic nitrogens is 2. The van der Waals surface area contributed by atoms with Crippen molar-refractivity contribution in [3.8, 4) is 17.2 Å². The van der Waals surface area contributed by atoms with E-state index >= 15 is 0 Å². The molecular weight excluding hydrogens is 561 g/mol. The number of thioether (sulfide) groups is 1. The van der Waals surface area contributed by atoms with Crippen molar-refractivity contribution < 1.29 is 9.47 Å². The molecular formula is C26H28IN3O3S. The smallest absolute Gasteiger partial charge is 0.271 e. The molecule has 5 rings (SSSR count). The molecule has 0 bridgehead atoms. The molecule has 34 heavy (non-hydrogen) atoms. The van der Waals surface area contributed by atoms with Gasteiger partial charge in [-0.05, 0) is 43.1 Å². The number of nitrogens with zero attached hydrogens (tertiary/aromatic N) is 3. The molecule has 2 aliphatic heterocycles. The number of piperidine rings is 1. The first-order valence-corrected chi connectivity index (χ1v) is 13.9. The Bertz CT molecular complexity index is 1220. The van der Waals surface area contributed by atoms with Crippen LogP contribution in [0.15, 0.2) is 58.5 Å². The summed E-state index contributed by atoms with van der Waals surface area (Å²) >= 11 is 3.99. The molecule has 1 fully saturated rings. The number of likely N-dealkylation sites (tertiary alicyclic amines) is 1. The highest BCUT2D eigenvalue weighted by Crippen LogP contribution is 2.44. The third-order valence-corrected chi connectivity index (χ3v) is 8.78. The Hall–Kier alpha value is -2.04. The van der Waals surface area contributed by atoms with Crippen LogP contribution in [0.5, 0.6) is 11.5 Å². The fourth-order valence-corrected chi connectivity index (χ4v) is 6.27. The zero-order chi connectivity index (χ0) is 23.7. The normalized spacial score (nSPS) is 18.6. The van der Waals surface area contributed by atoms with E-state index in [-0.39, 0.29) is 16.9 Å². The van der Waals surface area contributed by atoms with Crippen LogP contribution in [0.4, 0.5) is 0 Å². The van der Waals surface area contributed by atoms with Gasteiger partial charge in [-0.15, -0.1) is 11.8 Å². The van der Waals surface area contributed by atoms with Crippen LogP contribution in [0.25, 0.3) is 5.69 Å². The maximum atomic E-state index is 13.4. The van der Waals surface area contributed by atoms with Crippen LogP contribution in [-0.4, -0.2) is 47.8 Å². The zero-order valence-electron chi connectivity index (χ0n) is 19.4. The van der Waals surface area contributed by atoms with E-state index < -0.39 is 0 Å². The Morgan fingerprint density at radius 1 is 1.12 bits per heavy atom. The van der Waals surface area contributed by atoms with Crippen LogP contribution in [0.3, 0.4) is 0 Å². The largest absolute Gasteiger partial charge is 0.493 e. The van der Waals surface area contributed by atoms with Gasteiger partial charge in [0.1, 0.15) is 12.4 Å². The SMILES string of the molecule is COc1cc(-n2cnc3c(c2=O)SC(c2ccc(CI)cc2)C3)ccc1OC1CCN(C)CC1. The highest BCUT2D eigenvalue weighted by Gasteiger charge is 2.28. The van der Waals surface area contributed by atoms with E-state index in [4.69, 9.17) is 9.47 Å². The van der Waals surface area contributed by atoms with Crippen molar-refractivity contribution >= 4 is 34.4 Å². The second kappa shape index (κ2) is 10.3. The van der Waals surface area contributed by atoms with Gasteiger partial charge in [0.05, 0.1) is 23.4 Å². The molecule has 0 spiro atoms. The quantitative estimate of drug-likeness (QED) is 0.297. The van der Waals surface area contributed by atoms with E-state index in [2.05, 4.69) is 63.8 Å². The lowest BCUT2D eigenvalue weighted by Gasteiger charge is -2.29. The summed E-state index contributed by atoms with van der Waals surface area (Å²) in [6.07, 6.45) is 4.57. The average Bonchev–Trinajstić information content (AvgIpc) is 3.31. The number of ether oxygens (including phenoxy) is 2. The van der Waals surface area contributed by atoms with Crippen molar-refractivity contribution in [2.45, 2.75) is 39.9 Å². The summed E-state index contributed by atoms with van der Waals surface area (Å²) in [4.78, 5) is 21.1. The Balaban J connectivity index is 1.37. The Kier molecular flexibility index (Phi) is 7.17. The topological polar surface area (TPSA) is 56.6 Å². The number of hydrogen-bond donors (Lipinski definition) is 0. The molecule has 0 amide bonds. The van der Waals surface area contributed by atoms with Crippen LogP contribution in [0.2, 0.25) is 0 Å². The first-order valence-electron chi connectivity index (χ1n) is 11.5. The van der Waals surface area contributed by atoms with Gasteiger partial charge in [-0.2, -0.15) is 0 Å². The van der Waals surface area contributed by atoms with Crippen LogP contribution >= 0.6 is 34.4 Å². The minimum absolute atomic E-state index is 0.0348. The maximum absolute atomic E-state index is 13.4. The number of halogens is 1. The van der Waals surface area contributed by atoms with Gasteiger partial charge in [0.25, 0.3) is 5.56 Å². The van der Waals surface area contributed by atoms with Gasteiger partial charge >= 0.3 is 0 Å². The minimum Gasteiger partial charge on any atom is -0.493 e. The highest BCUT2D eigenvalue weighted by molar-refractivity contribution is 14.1. The van der Waals surface area contributed by atoms with E-state index in [1.807, 2.05) is 18.2 Å². The van der Waals surface area contributed by atoms with Gasteiger partial charge in [0.2, 0.25) is 0 Å². The molecule has 1 aromatic heterocycles. The monoisotopic (exact) mass is 589 g/mol. The second-order valence-corrected chi connectivity index (χ2v) is 10.8. The molecule has 3 aromatic rings. The van der Waals surface area contributed by atoms with Crippen molar-refractivity contribution in [2.75, 3.05) is 27.2 Å². The molecule has 0 saturated carbocycles. The van der Waals surface area contributed by atoms with Crippen LogP contribution in [0.1, 0.15) is 34.9 Å². The van der Waals surface area contributed by atoms with Gasteiger partial charge in [0.15, 0.2) is 11.5 Å². The van der Waals surface area contributed by atoms with Gasteiger partial charge < -0.3 is 14.4 Å². The maximum Gasteiger partial charge on any atom is 0.271 e. The predicted molar refractivity (Wildman–Crippen MR) is 144 cm³/mol. The lowest BCUT2D eigenvalue weighted by atomic mass is 10.1. The van der Waals surface area contributed by atoms with Crippen LogP contribution in [0, 0.1) is 0 Å². The van der Waals surface area contributed by atoms with Crippen LogP contribution < -0.4 is 15.0 Å². The van der Waals surface area contributed by atoms with E-state index in [1.54, 1.807) is 29.8 Å². The van der Waals surface area contributed by atoms with Crippen molar-refractivity contribution in [1.82, 2.24) is 14.5 Å². The number of fused-ring (bicyclic) bond motifs is 1. The number of rotatable bonds is 6. The number of benzene rings is 2. The second-order valence-electron chi connectivity index (χ2n) is 8.84. The summed E-state index contributed by atoms with van der Waals surface area (Å²) in [7, 11) is 3.77. The van der Waals surface area contributed by atoms with Gasteiger partial charge in [0, 0.05) is 35.3 Å². The lowest BCUT2D eigenvalue weighted by Crippen LogP contribution is -2.35. The summed E-state index contributed by atoms with van der Waals surface area (Å²) in [6.45, 7) is 2.06. The van der Waals surface area contributed by atoms with Gasteiger partial charge in [-0.3, -0.25) is 9.36 Å². The fraction of sp³-hybridized carbons (Fsp3) is 0.385. The Morgan fingerprint density at radius 2 is 1.88 bits per heavy atom.